The first-order valence-electron chi connectivity index (χ1n) is 9.40. The number of nitro benzene ring substituents is 1. The van der Waals surface area contributed by atoms with Crippen molar-refractivity contribution in [3.05, 3.63) is 41.0 Å². The summed E-state index contributed by atoms with van der Waals surface area (Å²) in [5, 5.41) is 32.2. The van der Waals surface area contributed by atoms with E-state index in [4.69, 9.17) is 15.2 Å². The lowest BCUT2D eigenvalue weighted by atomic mass is 10.1. The highest BCUT2D eigenvalue weighted by Crippen LogP contribution is 2.32. The number of imidazole rings is 1. The number of aliphatic hydroxyl groups is 2. The fourth-order valence-electron chi connectivity index (χ4n) is 3.45. The summed E-state index contributed by atoms with van der Waals surface area (Å²) in [5.41, 5.74) is 5.57. The average molecular weight is 481 g/mol. The molecule has 0 aliphatic carbocycles. The van der Waals surface area contributed by atoms with E-state index in [1.54, 1.807) is 0 Å². The van der Waals surface area contributed by atoms with Crippen LogP contribution in [0.3, 0.4) is 0 Å². The largest absolute Gasteiger partial charge is 0.497 e. The molecule has 0 saturated carbocycles. The van der Waals surface area contributed by atoms with Crippen LogP contribution >= 0.6 is 0 Å². The molecule has 16 heteroatoms. The van der Waals surface area contributed by atoms with Gasteiger partial charge in [-0.1, -0.05) is 0 Å². The number of rotatable bonds is 7. The third-order valence-corrected chi connectivity index (χ3v) is 6.60. The molecule has 4 atom stereocenters. The molecule has 0 spiro atoms. The summed E-state index contributed by atoms with van der Waals surface area (Å²) < 4.78 is 39.5. The summed E-state index contributed by atoms with van der Waals surface area (Å²) in [6.07, 6.45) is -2.79. The van der Waals surface area contributed by atoms with E-state index >= 15 is 0 Å². The van der Waals surface area contributed by atoms with E-state index in [0.717, 1.165) is 12.1 Å². The van der Waals surface area contributed by atoms with Crippen LogP contribution < -0.4 is 15.2 Å². The highest BCUT2D eigenvalue weighted by Gasteiger charge is 2.45. The molecule has 33 heavy (non-hydrogen) atoms. The Bertz CT molecular complexity index is 1310. The molecule has 3 heterocycles. The van der Waals surface area contributed by atoms with Gasteiger partial charge in [0.25, 0.3) is 5.69 Å². The summed E-state index contributed by atoms with van der Waals surface area (Å²) in [7, 11) is -3.09. The molecule has 1 aromatic carbocycles. The van der Waals surface area contributed by atoms with E-state index in [1.807, 2.05) is 0 Å². The zero-order chi connectivity index (χ0) is 23.9. The van der Waals surface area contributed by atoms with Crippen molar-refractivity contribution in [3.63, 3.8) is 0 Å². The average Bonchev–Trinajstić information content (AvgIpc) is 3.34. The van der Waals surface area contributed by atoms with Crippen LogP contribution in [0.15, 0.2) is 35.7 Å². The van der Waals surface area contributed by atoms with Gasteiger partial charge in [0, 0.05) is 6.54 Å². The van der Waals surface area contributed by atoms with E-state index in [1.165, 1.54) is 30.4 Å². The van der Waals surface area contributed by atoms with Crippen LogP contribution in [-0.4, -0.2) is 75.0 Å². The molecular weight excluding hydrogens is 462 g/mol. The Hall–Kier alpha value is -3.44. The number of aliphatic hydroxyl groups excluding tert-OH is 2. The molecule has 2 aromatic heterocycles. The molecule has 4 rings (SSSR count). The Kier molecular flexibility index (Phi) is 5.85. The van der Waals surface area contributed by atoms with Gasteiger partial charge < -0.3 is 25.4 Å². The second-order valence-electron chi connectivity index (χ2n) is 7.07. The van der Waals surface area contributed by atoms with Crippen LogP contribution in [0.25, 0.3) is 11.2 Å². The van der Waals surface area contributed by atoms with Crippen molar-refractivity contribution in [2.45, 2.75) is 29.4 Å². The Morgan fingerprint density at radius 1 is 1.30 bits per heavy atom. The molecule has 0 radical (unpaired) electrons. The molecule has 1 aliphatic heterocycles. The zero-order valence-electron chi connectivity index (χ0n) is 17.0. The van der Waals surface area contributed by atoms with Gasteiger partial charge in [-0.05, 0) is 12.1 Å². The number of nitro groups is 1. The monoisotopic (exact) mass is 481 g/mol. The maximum atomic E-state index is 12.7. The fourth-order valence-corrected chi connectivity index (χ4v) is 4.64. The van der Waals surface area contributed by atoms with Gasteiger partial charge in [-0.2, -0.15) is 0 Å². The number of nitrogens with two attached hydrogens (primary N) is 1. The number of nitrogens with one attached hydrogen (secondary N) is 1. The van der Waals surface area contributed by atoms with Crippen molar-refractivity contribution in [2.75, 3.05) is 19.4 Å². The van der Waals surface area contributed by atoms with Crippen molar-refractivity contribution >= 4 is 32.7 Å². The number of ether oxygens (including phenoxy) is 2. The second-order valence-corrected chi connectivity index (χ2v) is 8.81. The first kappa shape index (κ1) is 22.7. The summed E-state index contributed by atoms with van der Waals surface area (Å²) in [6.45, 7) is -0.482. The van der Waals surface area contributed by atoms with Crippen molar-refractivity contribution in [1.82, 2.24) is 24.2 Å². The molecule has 1 saturated heterocycles. The number of sulfonamides is 1. The standard InChI is InChI=1S/C17H19N7O8S/c1-31-8-2-3-11(9(4-8)24(27)28)33(29,30)22-5-10-13(25)14(26)17(32-10)23-7-21-12-15(18)19-6-20-16(12)23/h2-4,6-7,10,13-14,17,22,25-26H,5H2,1H3,(H2,18,19,20)/t10-,13-,14-,17-/m1/s1. The second kappa shape index (κ2) is 8.49. The van der Waals surface area contributed by atoms with Gasteiger partial charge in [0.2, 0.25) is 10.0 Å². The van der Waals surface area contributed by atoms with E-state index in [2.05, 4.69) is 19.7 Å². The Balaban J connectivity index is 1.54. The summed E-state index contributed by atoms with van der Waals surface area (Å²) >= 11 is 0. The predicted molar refractivity (Wildman–Crippen MR) is 110 cm³/mol. The fraction of sp³-hybridized carbons (Fsp3) is 0.353. The van der Waals surface area contributed by atoms with Crippen molar-refractivity contribution in [1.29, 1.82) is 0 Å². The van der Waals surface area contributed by atoms with Crippen LogP contribution in [-0.2, 0) is 14.8 Å². The third kappa shape index (κ3) is 4.05. The van der Waals surface area contributed by atoms with Crippen LogP contribution in [0.1, 0.15) is 6.23 Å². The SMILES string of the molecule is COc1ccc(S(=O)(=O)NC[C@H]2O[C@@H](n3cnc4c(N)ncnc43)[C@H](O)[C@@H]2O)c([N+](=O)[O-])c1. The summed E-state index contributed by atoms with van der Waals surface area (Å²) in [4.78, 5) is 21.8. The first-order chi connectivity index (χ1) is 15.6. The molecule has 1 fully saturated rings. The zero-order valence-corrected chi connectivity index (χ0v) is 17.8. The lowest BCUT2D eigenvalue weighted by Gasteiger charge is -2.16. The quantitative estimate of drug-likeness (QED) is 0.234. The van der Waals surface area contributed by atoms with Gasteiger partial charge in [-0.25, -0.2) is 28.1 Å². The van der Waals surface area contributed by atoms with Crippen molar-refractivity contribution in [3.8, 4) is 5.75 Å². The maximum absolute atomic E-state index is 12.7. The van der Waals surface area contributed by atoms with Gasteiger partial charge in [-0.3, -0.25) is 14.7 Å². The molecule has 3 aromatic rings. The Morgan fingerprint density at radius 2 is 2.06 bits per heavy atom. The van der Waals surface area contributed by atoms with Crippen molar-refractivity contribution in [2.24, 2.45) is 0 Å². The minimum atomic E-state index is -4.38. The highest BCUT2D eigenvalue weighted by molar-refractivity contribution is 7.89. The molecule has 15 nitrogen and oxygen atoms in total. The minimum absolute atomic E-state index is 0.109. The van der Waals surface area contributed by atoms with Gasteiger partial charge in [0.05, 0.1) is 24.4 Å². The number of hydrogen-bond donors (Lipinski definition) is 4. The number of nitrogens with zero attached hydrogens (tertiary/aromatic N) is 5. The molecule has 0 bridgehead atoms. The van der Waals surface area contributed by atoms with Gasteiger partial charge in [0.15, 0.2) is 22.6 Å². The number of nitrogen functional groups attached to an aromatic ring is 1. The smallest absolute Gasteiger partial charge is 0.293 e. The van der Waals surface area contributed by atoms with E-state index in [0.29, 0.717) is 0 Å². The third-order valence-electron chi connectivity index (χ3n) is 5.13. The Labute approximate surface area is 186 Å². The predicted octanol–water partition coefficient (Wildman–Crippen LogP) is -1.08. The number of hydrogen-bond acceptors (Lipinski definition) is 12. The lowest BCUT2D eigenvalue weighted by molar-refractivity contribution is -0.387. The van der Waals surface area contributed by atoms with E-state index in [-0.39, 0.29) is 22.7 Å². The van der Waals surface area contributed by atoms with E-state index < -0.39 is 56.6 Å². The van der Waals surface area contributed by atoms with Gasteiger partial charge in [0.1, 0.15) is 35.9 Å². The Morgan fingerprint density at radius 3 is 2.76 bits per heavy atom. The first-order valence-corrected chi connectivity index (χ1v) is 10.9. The number of methoxy groups -OCH3 is 1. The molecular formula is C17H19N7O8S. The highest BCUT2D eigenvalue weighted by atomic mass is 32.2. The number of aromatic nitrogens is 4. The van der Waals surface area contributed by atoms with Gasteiger partial charge in [-0.15, -0.1) is 0 Å². The topological polar surface area (TPSA) is 218 Å². The molecule has 0 amide bonds. The molecule has 1 aliphatic rings. The number of benzene rings is 1. The molecule has 0 unspecified atom stereocenters. The number of fused-ring (bicyclic) bond motifs is 1. The van der Waals surface area contributed by atoms with Crippen LogP contribution in [0.5, 0.6) is 5.75 Å². The summed E-state index contributed by atoms with van der Waals surface area (Å²) in [5.74, 6) is 0.218. The normalized spacial score (nSPS) is 23.1. The molecule has 5 N–H and O–H groups in total. The van der Waals surface area contributed by atoms with E-state index in [9.17, 15) is 28.7 Å². The maximum Gasteiger partial charge on any atom is 0.293 e. The van der Waals surface area contributed by atoms with Crippen LogP contribution in [0.2, 0.25) is 0 Å². The van der Waals surface area contributed by atoms with Crippen molar-refractivity contribution < 1.29 is 33.0 Å². The van der Waals surface area contributed by atoms with Crippen LogP contribution in [0.4, 0.5) is 11.5 Å². The number of anilines is 1. The lowest BCUT2D eigenvalue weighted by Crippen LogP contribution is -2.39. The minimum Gasteiger partial charge on any atom is -0.497 e. The van der Waals surface area contributed by atoms with Crippen LogP contribution in [0, 0.1) is 10.1 Å². The molecule has 176 valence electrons. The summed E-state index contributed by atoms with van der Waals surface area (Å²) in [6, 6.07) is 3.28. The van der Waals surface area contributed by atoms with Gasteiger partial charge >= 0.3 is 0 Å².